The molecule has 0 spiro atoms. The van der Waals surface area contributed by atoms with E-state index in [4.69, 9.17) is 23.8 Å². The van der Waals surface area contributed by atoms with Crippen LogP contribution in [-0.2, 0) is 13.0 Å². The molecule has 0 saturated carbocycles. The number of hydrogen-bond acceptors (Lipinski definition) is 5. The molecule has 0 aliphatic rings. The number of halogens is 1. The van der Waals surface area contributed by atoms with Crippen molar-refractivity contribution in [2.24, 2.45) is 0 Å². The highest BCUT2D eigenvalue weighted by atomic mass is 35.5. The Morgan fingerprint density at radius 1 is 1.12 bits per heavy atom. The molecule has 4 nitrogen and oxygen atoms in total. The number of nitrogens with zero attached hydrogens (tertiary/aromatic N) is 3. The van der Waals surface area contributed by atoms with Crippen LogP contribution in [0.15, 0.2) is 58.9 Å². The number of carbonyl (C=O) groups is 1. The Morgan fingerprint density at radius 2 is 1.88 bits per heavy atom. The van der Waals surface area contributed by atoms with Gasteiger partial charge in [-0.15, -0.1) is 5.10 Å². The van der Waals surface area contributed by atoms with Gasteiger partial charge in [-0.25, -0.2) is 4.68 Å². The van der Waals surface area contributed by atoms with Gasteiger partial charge in [0.15, 0.2) is 14.1 Å². The van der Waals surface area contributed by atoms with E-state index in [1.165, 1.54) is 28.7 Å². The fourth-order valence-corrected chi connectivity index (χ4v) is 6.13. The van der Waals surface area contributed by atoms with Crippen LogP contribution in [-0.4, -0.2) is 25.9 Å². The number of rotatable bonds is 8. The summed E-state index contributed by atoms with van der Waals surface area (Å²) in [5, 5.41) is 5.28. The fraction of sp³-hybridized carbons (Fsp3) is 0.240. The summed E-state index contributed by atoms with van der Waals surface area (Å²) in [5.74, 6) is 0.421. The maximum atomic E-state index is 13.0. The molecule has 0 amide bonds. The molecule has 0 radical (unpaired) electrons. The number of aromatic nitrogens is 3. The van der Waals surface area contributed by atoms with Crippen LogP contribution in [0.2, 0.25) is 5.02 Å². The topological polar surface area (TPSA) is 39.8 Å². The lowest BCUT2D eigenvalue weighted by Gasteiger charge is -2.10. The largest absolute Gasteiger partial charge is 0.348 e. The van der Waals surface area contributed by atoms with Crippen molar-refractivity contribution >= 4 is 52.7 Å². The molecule has 0 N–H and O–H groups in total. The second kappa shape index (κ2) is 10.4. The predicted molar refractivity (Wildman–Crippen MR) is 141 cm³/mol. The maximum absolute atomic E-state index is 13.0. The molecular formula is C25H24ClN3OS3. The van der Waals surface area contributed by atoms with Gasteiger partial charge in [0.25, 0.3) is 0 Å². The number of thioether (sulfide) groups is 1. The summed E-state index contributed by atoms with van der Waals surface area (Å²) < 4.78 is 5.32. The smallest absolute Gasteiger partial charge is 0.184 e. The van der Waals surface area contributed by atoms with E-state index in [2.05, 4.69) is 40.9 Å². The van der Waals surface area contributed by atoms with E-state index in [1.807, 2.05) is 44.2 Å². The Morgan fingerprint density at radius 3 is 2.61 bits per heavy atom. The highest BCUT2D eigenvalue weighted by Crippen LogP contribution is 2.27. The van der Waals surface area contributed by atoms with Gasteiger partial charge in [-0.1, -0.05) is 71.1 Å². The van der Waals surface area contributed by atoms with Gasteiger partial charge < -0.3 is 4.57 Å². The summed E-state index contributed by atoms with van der Waals surface area (Å²) >= 11 is 14.6. The van der Waals surface area contributed by atoms with Crippen LogP contribution in [0, 0.1) is 24.7 Å². The van der Waals surface area contributed by atoms with Gasteiger partial charge in [0.05, 0.1) is 11.4 Å². The van der Waals surface area contributed by atoms with Crippen molar-refractivity contribution in [2.45, 2.75) is 38.1 Å². The third-order valence-electron chi connectivity index (χ3n) is 5.60. The number of hydrogen-bond donors (Lipinski definition) is 0. The molecule has 0 atom stereocenters. The van der Waals surface area contributed by atoms with E-state index in [0.717, 1.165) is 45.5 Å². The molecule has 2 aromatic carbocycles. The normalized spacial score (nSPS) is 11.2. The second-order valence-electron chi connectivity index (χ2n) is 7.86. The lowest BCUT2D eigenvalue weighted by atomic mass is 10.1. The lowest BCUT2D eigenvalue weighted by Crippen LogP contribution is -2.08. The summed E-state index contributed by atoms with van der Waals surface area (Å²) in [6.45, 7) is 6.89. The summed E-state index contributed by atoms with van der Waals surface area (Å²) in [6, 6.07) is 18.2. The minimum atomic E-state index is 0.102. The van der Waals surface area contributed by atoms with Crippen molar-refractivity contribution in [3.8, 4) is 5.69 Å². The van der Waals surface area contributed by atoms with Crippen molar-refractivity contribution in [3.63, 3.8) is 0 Å². The summed E-state index contributed by atoms with van der Waals surface area (Å²) in [4.78, 5) is 13.0. The van der Waals surface area contributed by atoms with Gasteiger partial charge >= 0.3 is 0 Å². The molecule has 0 aliphatic carbocycles. The molecule has 2 heterocycles. The molecule has 4 aromatic rings. The van der Waals surface area contributed by atoms with Crippen LogP contribution >= 0.6 is 46.9 Å². The molecular weight excluding hydrogens is 490 g/mol. The quantitative estimate of drug-likeness (QED) is 0.141. The van der Waals surface area contributed by atoms with Crippen LogP contribution < -0.4 is 0 Å². The van der Waals surface area contributed by atoms with E-state index in [0.29, 0.717) is 14.7 Å². The van der Waals surface area contributed by atoms with Crippen molar-refractivity contribution < 1.29 is 4.79 Å². The van der Waals surface area contributed by atoms with Crippen molar-refractivity contribution in [3.05, 3.63) is 91.7 Å². The first-order valence-electron chi connectivity index (χ1n) is 10.6. The molecule has 0 saturated heterocycles. The molecule has 0 unspecified atom stereocenters. The van der Waals surface area contributed by atoms with Crippen LogP contribution in [0.5, 0.6) is 0 Å². The number of carbonyl (C=O) groups excluding carboxylic acids is 1. The van der Waals surface area contributed by atoms with Crippen LogP contribution in [0.1, 0.15) is 32.9 Å². The zero-order valence-corrected chi connectivity index (χ0v) is 21.9. The van der Waals surface area contributed by atoms with Gasteiger partial charge in [0, 0.05) is 28.5 Å². The Hall–Kier alpha value is -2.19. The van der Waals surface area contributed by atoms with Crippen LogP contribution in [0.4, 0.5) is 0 Å². The Labute approximate surface area is 212 Å². The van der Waals surface area contributed by atoms with E-state index in [1.54, 1.807) is 4.68 Å². The standard InChI is InChI=1S/C25H24ClN3OS3/c1-16-9-10-20(14-22(16)26)29-25(31)33-24(27-29)32-15-23(30)21-13-17(2)28(18(21)3)12-11-19-7-5-4-6-8-19/h4-10,13-14H,11-12,15H2,1-3H3. The zero-order chi connectivity index (χ0) is 23.5. The average molecular weight is 514 g/mol. The van der Waals surface area contributed by atoms with Gasteiger partial charge in [-0.05, 0) is 68.7 Å². The van der Waals surface area contributed by atoms with Crippen LogP contribution in [0.25, 0.3) is 5.69 Å². The predicted octanol–water partition coefficient (Wildman–Crippen LogP) is 7.26. The molecule has 170 valence electrons. The van der Waals surface area contributed by atoms with E-state index in [9.17, 15) is 4.79 Å². The molecule has 33 heavy (non-hydrogen) atoms. The Kier molecular flexibility index (Phi) is 7.54. The van der Waals surface area contributed by atoms with Gasteiger partial charge in [0.2, 0.25) is 0 Å². The summed E-state index contributed by atoms with van der Waals surface area (Å²) in [6.07, 6.45) is 0.934. The minimum Gasteiger partial charge on any atom is -0.348 e. The van der Waals surface area contributed by atoms with Gasteiger partial charge in [-0.3, -0.25) is 4.79 Å². The van der Waals surface area contributed by atoms with Gasteiger partial charge in [-0.2, -0.15) is 0 Å². The van der Waals surface area contributed by atoms with Crippen molar-refractivity contribution in [1.82, 2.24) is 14.3 Å². The summed E-state index contributed by atoms with van der Waals surface area (Å²) in [7, 11) is 0. The molecule has 0 bridgehead atoms. The van der Waals surface area contributed by atoms with Crippen molar-refractivity contribution in [2.75, 3.05) is 5.75 Å². The minimum absolute atomic E-state index is 0.102. The number of aryl methyl sites for hydroxylation is 3. The number of Topliss-reactive ketones (excluding diaryl/α,β-unsaturated/α-hetero) is 1. The number of benzene rings is 2. The molecule has 0 aliphatic heterocycles. The Balaban J connectivity index is 1.44. The van der Waals surface area contributed by atoms with E-state index in [-0.39, 0.29) is 5.78 Å². The van der Waals surface area contributed by atoms with E-state index >= 15 is 0 Å². The van der Waals surface area contributed by atoms with Gasteiger partial charge in [0.1, 0.15) is 0 Å². The fourth-order valence-electron chi connectivity index (χ4n) is 3.71. The highest BCUT2D eigenvalue weighted by Gasteiger charge is 2.17. The first kappa shape index (κ1) is 24.0. The van der Waals surface area contributed by atoms with Crippen LogP contribution in [0.3, 0.4) is 0 Å². The van der Waals surface area contributed by atoms with E-state index < -0.39 is 0 Å². The second-order valence-corrected chi connectivity index (χ2v) is 11.1. The lowest BCUT2D eigenvalue weighted by molar-refractivity contribution is 0.102. The average Bonchev–Trinajstić information content (AvgIpc) is 3.32. The zero-order valence-electron chi connectivity index (χ0n) is 18.7. The highest BCUT2D eigenvalue weighted by molar-refractivity contribution is 8.01. The first-order chi connectivity index (χ1) is 15.8. The SMILES string of the molecule is Cc1ccc(-n2nc(SCC(=O)c3cc(C)n(CCc4ccccc4)c3C)sc2=S)cc1Cl. The molecule has 0 fully saturated rings. The molecule has 2 aromatic heterocycles. The third kappa shape index (κ3) is 5.49. The van der Waals surface area contributed by atoms with Crippen molar-refractivity contribution in [1.29, 1.82) is 0 Å². The first-order valence-corrected chi connectivity index (χ1v) is 13.2. The maximum Gasteiger partial charge on any atom is 0.184 e. The Bertz CT molecular complexity index is 1360. The number of ketones is 1. The molecule has 8 heteroatoms. The third-order valence-corrected chi connectivity index (χ3v) is 8.37. The monoisotopic (exact) mass is 513 g/mol. The summed E-state index contributed by atoms with van der Waals surface area (Å²) in [5.41, 5.74) is 6.02. The molecule has 4 rings (SSSR count).